The lowest BCUT2D eigenvalue weighted by atomic mass is 9.59. The van der Waals surface area contributed by atoms with Gasteiger partial charge in [0, 0.05) is 74.6 Å². The SMILES string of the molecule is CC[P+]1(C)CC2(C)CC(C)(CN=C(C)C(=CN)c3ccc(N4CCc5cccc(C(=O)Nc6nc7ccccc7s6)c5C4)nc3C(=O)O)CC(ONC)(C2)C1. The van der Waals surface area contributed by atoms with Crippen molar-refractivity contribution in [1.82, 2.24) is 15.4 Å². The van der Waals surface area contributed by atoms with Gasteiger partial charge in [0.1, 0.15) is 11.4 Å². The highest BCUT2D eigenvalue weighted by atomic mass is 32.1. The maximum absolute atomic E-state index is 13.6. The molecule has 2 fully saturated rings. The molecule has 3 aliphatic rings. The molecule has 4 heterocycles. The predicted molar refractivity (Wildman–Crippen MR) is 226 cm³/mol. The minimum atomic E-state index is -1.15. The molecule has 1 amide bonds. The van der Waals surface area contributed by atoms with Crippen LogP contribution in [0.15, 0.2) is 65.8 Å². The average Bonchev–Trinajstić information content (AvgIpc) is 3.55. The molecule has 2 bridgehead atoms. The number of hydrogen-bond acceptors (Lipinski definition) is 10. The summed E-state index contributed by atoms with van der Waals surface area (Å²) in [6.45, 7) is 13.1. The van der Waals surface area contributed by atoms with E-state index in [0.717, 1.165) is 46.8 Å². The molecule has 2 aromatic heterocycles. The van der Waals surface area contributed by atoms with E-state index in [1.165, 1.54) is 29.9 Å². The number of aliphatic imine (C=N–C) groups is 1. The van der Waals surface area contributed by atoms with E-state index in [4.69, 9.17) is 20.5 Å². The molecule has 11 nitrogen and oxygen atoms in total. The van der Waals surface area contributed by atoms with E-state index >= 15 is 0 Å². The molecule has 4 atom stereocenters. The number of carbonyl (C=O) groups excluding carboxylic acids is 1. The van der Waals surface area contributed by atoms with E-state index in [1.807, 2.05) is 67.4 Å². The van der Waals surface area contributed by atoms with Crippen LogP contribution >= 0.6 is 18.6 Å². The molecular weight excluding hydrogens is 730 g/mol. The average molecular weight is 783 g/mol. The van der Waals surface area contributed by atoms with Crippen LogP contribution in [0.5, 0.6) is 0 Å². The number of nitrogens with two attached hydrogens (primary N) is 1. The number of nitrogens with zero attached hydrogens (tertiary/aromatic N) is 4. The molecule has 2 aliphatic heterocycles. The Balaban J connectivity index is 1.11. The van der Waals surface area contributed by atoms with Crippen LogP contribution in [0.4, 0.5) is 10.9 Å². The number of anilines is 2. The number of benzene rings is 2. The smallest absolute Gasteiger partial charge is 0.355 e. The summed E-state index contributed by atoms with van der Waals surface area (Å²) in [5.41, 5.74) is 14.0. The number of carboxylic acid groups (broad SMARTS) is 1. The Labute approximate surface area is 328 Å². The van der Waals surface area contributed by atoms with Crippen LogP contribution in [0, 0.1) is 10.8 Å². The first-order chi connectivity index (χ1) is 26.2. The zero-order chi connectivity index (χ0) is 39.2. The van der Waals surface area contributed by atoms with Crippen molar-refractivity contribution in [1.29, 1.82) is 0 Å². The number of aromatic carboxylic acids is 1. The monoisotopic (exact) mass is 782 g/mol. The van der Waals surface area contributed by atoms with Gasteiger partial charge in [0.25, 0.3) is 5.91 Å². The molecule has 4 aromatic rings. The maximum Gasteiger partial charge on any atom is 0.355 e. The van der Waals surface area contributed by atoms with Crippen molar-refractivity contribution in [2.75, 3.05) is 55.5 Å². The summed E-state index contributed by atoms with van der Waals surface area (Å²) in [6.07, 6.45) is 8.74. The van der Waals surface area contributed by atoms with Crippen molar-refractivity contribution in [3.63, 3.8) is 0 Å². The number of hydrogen-bond donors (Lipinski definition) is 4. The van der Waals surface area contributed by atoms with Crippen molar-refractivity contribution in [2.24, 2.45) is 21.6 Å². The molecular formula is C42H53N7O4PS+. The highest BCUT2D eigenvalue weighted by Crippen LogP contribution is 2.71. The van der Waals surface area contributed by atoms with Gasteiger partial charge >= 0.3 is 5.97 Å². The van der Waals surface area contributed by atoms with E-state index in [2.05, 4.69) is 43.2 Å². The molecule has 55 heavy (non-hydrogen) atoms. The number of pyridine rings is 1. The van der Waals surface area contributed by atoms with Crippen molar-refractivity contribution in [3.05, 3.63) is 88.7 Å². The second kappa shape index (κ2) is 15.0. The lowest BCUT2D eigenvalue weighted by Gasteiger charge is -2.58. The van der Waals surface area contributed by atoms with E-state index < -0.39 is 13.2 Å². The van der Waals surface area contributed by atoms with E-state index in [1.54, 1.807) is 6.07 Å². The normalized spacial score (nSPS) is 26.8. The Hall–Kier alpha value is -4.22. The van der Waals surface area contributed by atoms with Crippen molar-refractivity contribution in [2.45, 2.75) is 65.5 Å². The van der Waals surface area contributed by atoms with E-state index in [0.29, 0.717) is 59.4 Å². The van der Waals surface area contributed by atoms with Crippen LogP contribution in [0.25, 0.3) is 15.8 Å². The number of fused-ring (bicyclic) bond motifs is 4. The second-order valence-corrected chi connectivity index (χ2v) is 22.3. The van der Waals surface area contributed by atoms with Crippen molar-refractivity contribution in [3.8, 4) is 0 Å². The molecule has 0 spiro atoms. The molecule has 0 radical (unpaired) electrons. The molecule has 1 saturated carbocycles. The molecule has 290 valence electrons. The first kappa shape index (κ1) is 39.0. The molecule has 2 aromatic carbocycles. The summed E-state index contributed by atoms with van der Waals surface area (Å²) < 4.78 is 1.00. The quantitative estimate of drug-likeness (QED) is 0.0680. The highest BCUT2D eigenvalue weighted by molar-refractivity contribution is 7.75. The Morgan fingerprint density at radius 3 is 2.60 bits per heavy atom. The van der Waals surface area contributed by atoms with Gasteiger partial charge in [-0.2, -0.15) is 0 Å². The largest absolute Gasteiger partial charge is 0.476 e. The van der Waals surface area contributed by atoms with Crippen LogP contribution < -0.4 is 21.4 Å². The third kappa shape index (κ3) is 7.92. The van der Waals surface area contributed by atoms with Gasteiger partial charge in [-0.25, -0.2) is 20.2 Å². The Kier molecular flexibility index (Phi) is 10.7. The number of thiazole rings is 1. The van der Waals surface area contributed by atoms with Crippen LogP contribution in [0.3, 0.4) is 0 Å². The first-order valence-corrected chi connectivity index (χ1v) is 22.7. The number of nitrogens with one attached hydrogen (secondary N) is 2. The Morgan fingerprint density at radius 1 is 1.07 bits per heavy atom. The highest BCUT2D eigenvalue weighted by Gasteiger charge is 2.62. The standard InChI is InChI=1S/C42H52N7O4PS/c1-7-54(6)25-41(4)21-40(3,22-42(23-41,26-54)53-44-5)24-45-27(2)31(19-43)29-15-16-35(47-36(29)38(51)52)49-18-17-28-11-10-12-30(32(28)20-49)37(50)48-39-46-33-13-8-9-14-34(33)55-39/h8-16,19,44H,7,17-18,20-26H2,1-6H3,(H3-,43,45,46,48,50,51,52)/p+1. The van der Waals surface area contributed by atoms with Crippen molar-refractivity contribution >= 4 is 62.9 Å². The lowest BCUT2D eigenvalue weighted by Crippen LogP contribution is -2.59. The summed E-state index contributed by atoms with van der Waals surface area (Å²) in [4.78, 5) is 49.2. The van der Waals surface area contributed by atoms with Crippen LogP contribution in [-0.4, -0.2) is 83.6 Å². The predicted octanol–water partition coefficient (Wildman–Crippen LogP) is 7.73. The fourth-order valence-corrected chi connectivity index (χ4v) is 15.4. The molecule has 13 heteroatoms. The van der Waals surface area contributed by atoms with Gasteiger partial charge < -0.3 is 15.7 Å². The van der Waals surface area contributed by atoms with Gasteiger partial charge in [-0.05, 0) is 86.4 Å². The summed E-state index contributed by atoms with van der Waals surface area (Å²) in [5.74, 6) is -0.860. The van der Waals surface area contributed by atoms with Gasteiger partial charge in [0.15, 0.2) is 10.8 Å². The van der Waals surface area contributed by atoms with Crippen LogP contribution in [0.1, 0.15) is 84.5 Å². The number of aromatic nitrogens is 2. The molecule has 4 unspecified atom stereocenters. The van der Waals surface area contributed by atoms with Gasteiger partial charge in [-0.1, -0.05) is 49.4 Å². The summed E-state index contributed by atoms with van der Waals surface area (Å²) in [5, 5.41) is 14.0. The number of hydroxylamine groups is 1. The van der Waals surface area contributed by atoms with E-state index in [9.17, 15) is 14.7 Å². The molecule has 1 saturated heterocycles. The third-order valence-electron chi connectivity index (χ3n) is 11.9. The van der Waals surface area contributed by atoms with Crippen molar-refractivity contribution < 1.29 is 19.5 Å². The fraction of sp³-hybridized carbons (Fsp3) is 0.452. The zero-order valence-electron chi connectivity index (χ0n) is 32.7. The zero-order valence-corrected chi connectivity index (χ0v) is 34.4. The number of amides is 1. The minimum Gasteiger partial charge on any atom is -0.476 e. The van der Waals surface area contributed by atoms with Gasteiger partial charge in [0.2, 0.25) is 0 Å². The number of rotatable bonds is 11. The number of carbonyl (C=O) groups is 2. The summed E-state index contributed by atoms with van der Waals surface area (Å²) >= 11 is 1.43. The Bertz CT molecular complexity index is 2170. The van der Waals surface area contributed by atoms with Crippen LogP contribution in [0.2, 0.25) is 0 Å². The van der Waals surface area contributed by atoms with Gasteiger partial charge in [-0.15, -0.1) is 0 Å². The van der Waals surface area contributed by atoms with E-state index in [-0.39, 0.29) is 28.0 Å². The summed E-state index contributed by atoms with van der Waals surface area (Å²) in [6, 6.07) is 17.2. The molecule has 1 aliphatic carbocycles. The van der Waals surface area contributed by atoms with Crippen LogP contribution in [-0.2, 0) is 17.8 Å². The first-order valence-electron chi connectivity index (χ1n) is 19.1. The maximum atomic E-state index is 13.6. The third-order valence-corrected chi connectivity index (χ3v) is 17.2. The number of allylic oxidation sites excluding steroid dienone is 1. The number of carboxylic acids is 1. The molecule has 7 rings (SSSR count). The lowest BCUT2D eigenvalue weighted by molar-refractivity contribution is -0.157. The Morgan fingerprint density at radius 2 is 1.87 bits per heavy atom. The number of para-hydroxylation sites is 1. The topological polar surface area (TPSA) is 155 Å². The fourth-order valence-electron chi connectivity index (χ4n) is 10.2. The van der Waals surface area contributed by atoms with Gasteiger partial charge in [0.05, 0.1) is 28.7 Å². The summed E-state index contributed by atoms with van der Waals surface area (Å²) in [7, 11) is 0.741. The molecule has 5 N–H and O–H groups in total. The minimum absolute atomic E-state index is 0.0912. The van der Waals surface area contributed by atoms with Gasteiger partial charge in [-0.3, -0.25) is 19.9 Å². The second-order valence-electron chi connectivity index (χ2n) is 16.8.